The summed E-state index contributed by atoms with van der Waals surface area (Å²) < 4.78 is 11.2. The number of carbonyl (C=O) groups is 1. The number of ether oxygens (including phenoxy) is 1. The highest BCUT2D eigenvalue weighted by Gasteiger charge is 2.28. The predicted octanol–water partition coefficient (Wildman–Crippen LogP) is 2.57. The molecule has 0 radical (unpaired) electrons. The molecule has 1 aliphatic heterocycles. The van der Waals surface area contributed by atoms with Crippen molar-refractivity contribution in [2.75, 3.05) is 25.0 Å². The highest BCUT2D eigenvalue weighted by Crippen LogP contribution is 2.40. The number of nitrogens with zero attached hydrogens (tertiary/aromatic N) is 1. The zero-order chi connectivity index (χ0) is 15.6. The molecule has 7 heteroatoms. The van der Waals surface area contributed by atoms with E-state index in [4.69, 9.17) is 9.15 Å². The SMILES string of the molecule is Cl.O=C(Nc1ccc(-c2cnc(C3CC3)o2)cc1)C1CNCCO1. The van der Waals surface area contributed by atoms with Crippen molar-refractivity contribution in [2.24, 2.45) is 0 Å². The zero-order valence-corrected chi connectivity index (χ0v) is 14.0. The van der Waals surface area contributed by atoms with Crippen molar-refractivity contribution in [1.29, 1.82) is 0 Å². The van der Waals surface area contributed by atoms with Crippen LogP contribution in [0.1, 0.15) is 24.7 Å². The number of benzene rings is 1. The second-order valence-corrected chi connectivity index (χ2v) is 5.97. The summed E-state index contributed by atoms with van der Waals surface area (Å²) in [5, 5.41) is 6.02. The molecule has 2 aromatic rings. The molecule has 24 heavy (non-hydrogen) atoms. The molecule has 0 bridgehead atoms. The number of amides is 1. The summed E-state index contributed by atoms with van der Waals surface area (Å²) in [5.74, 6) is 1.98. The molecular weight excluding hydrogens is 330 g/mol. The van der Waals surface area contributed by atoms with E-state index in [1.807, 2.05) is 24.3 Å². The van der Waals surface area contributed by atoms with E-state index in [1.54, 1.807) is 6.20 Å². The molecular formula is C17H20ClN3O3. The van der Waals surface area contributed by atoms with Crippen LogP contribution in [0.5, 0.6) is 0 Å². The van der Waals surface area contributed by atoms with Gasteiger partial charge in [0.15, 0.2) is 11.7 Å². The maximum Gasteiger partial charge on any atom is 0.254 e. The molecule has 1 amide bonds. The lowest BCUT2D eigenvalue weighted by molar-refractivity contribution is -0.128. The minimum atomic E-state index is -0.432. The van der Waals surface area contributed by atoms with E-state index in [9.17, 15) is 4.79 Å². The quantitative estimate of drug-likeness (QED) is 0.887. The smallest absolute Gasteiger partial charge is 0.254 e. The van der Waals surface area contributed by atoms with Gasteiger partial charge in [-0.2, -0.15) is 0 Å². The molecule has 128 valence electrons. The van der Waals surface area contributed by atoms with Crippen LogP contribution in [-0.2, 0) is 9.53 Å². The van der Waals surface area contributed by atoms with Crippen molar-refractivity contribution in [1.82, 2.24) is 10.3 Å². The number of oxazole rings is 1. The molecule has 1 saturated heterocycles. The Morgan fingerprint density at radius 2 is 2.04 bits per heavy atom. The first-order valence-electron chi connectivity index (χ1n) is 7.99. The first-order chi connectivity index (χ1) is 11.3. The van der Waals surface area contributed by atoms with Gasteiger partial charge in [-0.05, 0) is 37.1 Å². The van der Waals surface area contributed by atoms with Gasteiger partial charge in [0.1, 0.15) is 6.10 Å². The second-order valence-electron chi connectivity index (χ2n) is 5.97. The molecule has 1 saturated carbocycles. The summed E-state index contributed by atoms with van der Waals surface area (Å²) in [7, 11) is 0. The van der Waals surface area contributed by atoms with E-state index < -0.39 is 6.10 Å². The van der Waals surface area contributed by atoms with E-state index in [-0.39, 0.29) is 18.3 Å². The van der Waals surface area contributed by atoms with Gasteiger partial charge < -0.3 is 19.8 Å². The Kier molecular flexibility index (Phi) is 5.18. The van der Waals surface area contributed by atoms with E-state index in [2.05, 4.69) is 15.6 Å². The normalized spacial score (nSPS) is 20.2. The topological polar surface area (TPSA) is 76.4 Å². The molecule has 2 N–H and O–H groups in total. The number of hydrogen-bond donors (Lipinski definition) is 2. The predicted molar refractivity (Wildman–Crippen MR) is 92.4 cm³/mol. The first-order valence-corrected chi connectivity index (χ1v) is 7.99. The molecule has 2 fully saturated rings. The van der Waals surface area contributed by atoms with Gasteiger partial charge in [0.2, 0.25) is 0 Å². The highest BCUT2D eigenvalue weighted by molar-refractivity contribution is 5.94. The van der Waals surface area contributed by atoms with E-state index >= 15 is 0 Å². The lowest BCUT2D eigenvalue weighted by Crippen LogP contribution is -2.45. The van der Waals surface area contributed by atoms with Crippen molar-refractivity contribution < 1.29 is 13.9 Å². The maximum atomic E-state index is 12.1. The molecule has 1 aliphatic carbocycles. The van der Waals surface area contributed by atoms with Crippen LogP contribution in [0, 0.1) is 0 Å². The Hall–Kier alpha value is -1.89. The summed E-state index contributed by atoms with van der Waals surface area (Å²) in [6, 6.07) is 7.57. The van der Waals surface area contributed by atoms with Gasteiger partial charge >= 0.3 is 0 Å². The summed E-state index contributed by atoms with van der Waals surface area (Å²) in [4.78, 5) is 16.4. The lowest BCUT2D eigenvalue weighted by Gasteiger charge is -2.22. The van der Waals surface area contributed by atoms with Crippen LogP contribution in [0.25, 0.3) is 11.3 Å². The zero-order valence-electron chi connectivity index (χ0n) is 13.2. The van der Waals surface area contributed by atoms with E-state index in [0.717, 1.165) is 29.4 Å². The number of hydrogen-bond acceptors (Lipinski definition) is 5. The van der Waals surface area contributed by atoms with Crippen LogP contribution in [0.3, 0.4) is 0 Å². The maximum absolute atomic E-state index is 12.1. The summed E-state index contributed by atoms with van der Waals surface area (Å²) >= 11 is 0. The minimum Gasteiger partial charge on any atom is -0.440 e. The lowest BCUT2D eigenvalue weighted by atomic mass is 10.1. The second kappa shape index (κ2) is 7.34. The number of anilines is 1. The highest BCUT2D eigenvalue weighted by atomic mass is 35.5. The third kappa shape index (κ3) is 3.77. The molecule has 1 unspecified atom stereocenters. The van der Waals surface area contributed by atoms with Crippen LogP contribution in [0.2, 0.25) is 0 Å². The standard InChI is InChI=1S/C17H19N3O3.ClH/c21-16(15-9-18-7-8-22-15)20-13-5-3-11(4-6-13)14-10-19-17(23-14)12-1-2-12;/h3-6,10,12,15,18H,1-2,7-9H2,(H,20,21);1H. The number of carbonyl (C=O) groups excluding carboxylic acids is 1. The van der Waals surface area contributed by atoms with Crippen LogP contribution >= 0.6 is 12.4 Å². The molecule has 2 heterocycles. The van der Waals surface area contributed by atoms with Gasteiger partial charge in [-0.25, -0.2) is 4.98 Å². The Morgan fingerprint density at radius 1 is 1.25 bits per heavy atom. The van der Waals surface area contributed by atoms with Crippen LogP contribution in [0.4, 0.5) is 5.69 Å². The number of aromatic nitrogens is 1. The monoisotopic (exact) mass is 349 g/mol. The van der Waals surface area contributed by atoms with E-state index in [0.29, 0.717) is 19.1 Å². The van der Waals surface area contributed by atoms with Crippen LogP contribution < -0.4 is 10.6 Å². The van der Waals surface area contributed by atoms with Gasteiger partial charge in [-0.15, -0.1) is 12.4 Å². The largest absolute Gasteiger partial charge is 0.440 e. The number of nitrogens with one attached hydrogen (secondary N) is 2. The third-order valence-corrected chi connectivity index (χ3v) is 4.11. The molecule has 1 aromatic carbocycles. The van der Waals surface area contributed by atoms with Gasteiger partial charge in [0.25, 0.3) is 5.91 Å². The number of morpholine rings is 1. The molecule has 0 spiro atoms. The fraction of sp³-hybridized carbons (Fsp3) is 0.412. The summed E-state index contributed by atoms with van der Waals surface area (Å²) in [6.07, 6.45) is 3.67. The van der Waals surface area contributed by atoms with Crippen LogP contribution in [-0.4, -0.2) is 36.7 Å². The fourth-order valence-corrected chi connectivity index (χ4v) is 2.61. The molecule has 1 aromatic heterocycles. The molecule has 6 nitrogen and oxygen atoms in total. The fourth-order valence-electron chi connectivity index (χ4n) is 2.61. The van der Waals surface area contributed by atoms with Crippen LogP contribution in [0.15, 0.2) is 34.9 Å². The Balaban J connectivity index is 0.00000169. The van der Waals surface area contributed by atoms with Crippen molar-refractivity contribution in [3.63, 3.8) is 0 Å². The van der Waals surface area contributed by atoms with E-state index in [1.165, 1.54) is 12.8 Å². The first kappa shape index (κ1) is 17.0. The Labute approximate surface area is 146 Å². The van der Waals surface area contributed by atoms with Gasteiger partial charge in [0, 0.05) is 30.3 Å². The van der Waals surface area contributed by atoms with Gasteiger partial charge in [-0.3, -0.25) is 4.79 Å². The Morgan fingerprint density at radius 3 is 2.71 bits per heavy atom. The summed E-state index contributed by atoms with van der Waals surface area (Å²) in [6.45, 7) is 1.90. The number of rotatable bonds is 4. The average Bonchev–Trinajstić information content (AvgIpc) is 3.34. The molecule has 4 rings (SSSR count). The minimum absolute atomic E-state index is 0. The van der Waals surface area contributed by atoms with Crippen molar-refractivity contribution >= 4 is 24.0 Å². The molecule has 1 atom stereocenters. The van der Waals surface area contributed by atoms with Gasteiger partial charge in [0.05, 0.1) is 12.8 Å². The number of halogens is 1. The van der Waals surface area contributed by atoms with Gasteiger partial charge in [-0.1, -0.05) is 0 Å². The average molecular weight is 350 g/mol. The Bertz CT molecular complexity index is 691. The van der Waals surface area contributed by atoms with Crippen molar-refractivity contribution in [3.05, 3.63) is 36.4 Å². The summed E-state index contributed by atoms with van der Waals surface area (Å²) in [5.41, 5.74) is 1.70. The van der Waals surface area contributed by atoms with Crippen molar-refractivity contribution in [2.45, 2.75) is 24.9 Å². The third-order valence-electron chi connectivity index (χ3n) is 4.11. The molecule has 2 aliphatic rings. The van der Waals surface area contributed by atoms with Crippen molar-refractivity contribution in [3.8, 4) is 11.3 Å².